The minimum absolute atomic E-state index is 0.524. The zero-order valence-electron chi connectivity index (χ0n) is 8.97. The molecule has 0 spiro atoms. The van der Waals surface area contributed by atoms with Gasteiger partial charge in [-0.1, -0.05) is 11.6 Å². The number of hydrogen-bond donors (Lipinski definition) is 1. The lowest BCUT2D eigenvalue weighted by atomic mass is 10.2. The fourth-order valence-electron chi connectivity index (χ4n) is 1.38. The molecule has 0 amide bonds. The van der Waals surface area contributed by atoms with Crippen LogP contribution in [0, 0.1) is 12.9 Å². The van der Waals surface area contributed by atoms with Gasteiger partial charge in [-0.05, 0) is 46.6 Å². The van der Waals surface area contributed by atoms with Gasteiger partial charge in [0.25, 0.3) is 0 Å². The highest BCUT2D eigenvalue weighted by Gasteiger charge is 2.05. The summed E-state index contributed by atoms with van der Waals surface area (Å²) in [5, 5.41) is 3.73. The fraction of sp³-hybridized carbons (Fsp3) is 0.0833. The third kappa shape index (κ3) is 2.96. The summed E-state index contributed by atoms with van der Waals surface area (Å²) in [6.07, 6.45) is 1.40. The molecule has 0 saturated carbocycles. The summed E-state index contributed by atoms with van der Waals surface area (Å²) in [6, 6.07) is 6.70. The number of anilines is 2. The normalized spacial score (nSPS) is 10.4. The Labute approximate surface area is 112 Å². The van der Waals surface area contributed by atoms with Crippen molar-refractivity contribution in [2.24, 2.45) is 0 Å². The van der Waals surface area contributed by atoms with Crippen LogP contribution in [0.4, 0.5) is 15.8 Å². The highest BCUT2D eigenvalue weighted by Crippen LogP contribution is 2.31. The van der Waals surface area contributed by atoms with Gasteiger partial charge in [-0.15, -0.1) is 0 Å². The molecule has 17 heavy (non-hydrogen) atoms. The highest BCUT2D eigenvalue weighted by molar-refractivity contribution is 9.10. The lowest BCUT2D eigenvalue weighted by molar-refractivity contribution is 0.584. The van der Waals surface area contributed by atoms with Gasteiger partial charge in [0, 0.05) is 27.4 Å². The Morgan fingerprint density at radius 3 is 2.82 bits per heavy atom. The first-order valence-electron chi connectivity index (χ1n) is 4.90. The first-order chi connectivity index (χ1) is 8.06. The minimum atomic E-state index is -0.524. The number of hydrogen-bond acceptors (Lipinski definition) is 2. The van der Waals surface area contributed by atoms with Crippen LogP contribution in [0.1, 0.15) is 5.56 Å². The van der Waals surface area contributed by atoms with E-state index in [1.165, 1.54) is 12.3 Å². The van der Waals surface area contributed by atoms with Crippen LogP contribution < -0.4 is 5.32 Å². The lowest BCUT2D eigenvalue weighted by Crippen LogP contribution is -1.94. The Morgan fingerprint density at radius 2 is 2.12 bits per heavy atom. The molecule has 88 valence electrons. The van der Waals surface area contributed by atoms with Crippen LogP contribution in [-0.4, -0.2) is 4.98 Å². The van der Waals surface area contributed by atoms with Crippen molar-refractivity contribution in [2.75, 3.05) is 5.32 Å². The van der Waals surface area contributed by atoms with E-state index in [0.717, 1.165) is 15.7 Å². The maximum absolute atomic E-state index is 12.9. The van der Waals surface area contributed by atoms with E-state index in [-0.39, 0.29) is 0 Å². The third-order valence-corrected chi connectivity index (χ3v) is 3.32. The van der Waals surface area contributed by atoms with Gasteiger partial charge >= 0.3 is 0 Å². The zero-order chi connectivity index (χ0) is 12.4. The zero-order valence-corrected chi connectivity index (χ0v) is 11.3. The largest absolute Gasteiger partial charge is 0.354 e. The Kier molecular flexibility index (Phi) is 3.64. The average Bonchev–Trinajstić information content (AvgIpc) is 2.26. The number of benzene rings is 1. The van der Waals surface area contributed by atoms with Gasteiger partial charge < -0.3 is 5.32 Å². The lowest BCUT2D eigenvalue weighted by Gasteiger charge is -2.10. The summed E-state index contributed by atoms with van der Waals surface area (Å²) in [5.74, 6) is -0.524. The summed E-state index contributed by atoms with van der Waals surface area (Å²) in [6.45, 7) is 1.92. The molecule has 0 atom stereocenters. The average molecular weight is 316 g/mol. The van der Waals surface area contributed by atoms with Crippen LogP contribution in [-0.2, 0) is 0 Å². The Bertz CT molecular complexity index is 560. The second kappa shape index (κ2) is 5.02. The van der Waals surface area contributed by atoms with E-state index >= 15 is 0 Å². The van der Waals surface area contributed by atoms with Crippen molar-refractivity contribution in [3.63, 3.8) is 0 Å². The number of aromatic nitrogens is 1. The van der Waals surface area contributed by atoms with Crippen molar-refractivity contribution in [1.82, 2.24) is 4.98 Å². The molecule has 0 radical (unpaired) electrons. The SMILES string of the molecule is Cc1cc(Br)c(Nc2ccnc(F)c2)cc1Cl. The van der Waals surface area contributed by atoms with Gasteiger partial charge in [0.2, 0.25) is 5.95 Å². The van der Waals surface area contributed by atoms with Crippen molar-refractivity contribution in [3.05, 3.63) is 51.5 Å². The van der Waals surface area contributed by atoms with Gasteiger partial charge in [0.1, 0.15) is 0 Å². The number of aryl methyl sites for hydroxylation is 1. The Balaban J connectivity index is 2.33. The molecule has 0 aliphatic heterocycles. The van der Waals surface area contributed by atoms with Crippen LogP contribution in [0.2, 0.25) is 5.02 Å². The van der Waals surface area contributed by atoms with Crippen LogP contribution >= 0.6 is 27.5 Å². The van der Waals surface area contributed by atoms with E-state index < -0.39 is 5.95 Å². The predicted octanol–water partition coefficient (Wildman–Crippen LogP) is 4.69. The topological polar surface area (TPSA) is 24.9 Å². The summed E-state index contributed by atoms with van der Waals surface area (Å²) in [5.41, 5.74) is 2.38. The van der Waals surface area contributed by atoms with E-state index in [1.54, 1.807) is 12.1 Å². The molecule has 1 N–H and O–H groups in total. The van der Waals surface area contributed by atoms with Crippen LogP contribution in [0.5, 0.6) is 0 Å². The van der Waals surface area contributed by atoms with E-state index in [0.29, 0.717) is 10.7 Å². The smallest absolute Gasteiger partial charge is 0.214 e. The number of nitrogens with one attached hydrogen (secondary N) is 1. The summed E-state index contributed by atoms with van der Waals surface area (Å²) in [7, 11) is 0. The molecule has 0 bridgehead atoms. The quantitative estimate of drug-likeness (QED) is 0.813. The van der Waals surface area contributed by atoms with Gasteiger partial charge in [0.05, 0.1) is 5.69 Å². The molecular weight excluding hydrogens is 307 g/mol. The molecule has 0 saturated heterocycles. The second-order valence-corrected chi connectivity index (χ2v) is 4.84. The Hall–Kier alpha value is -1.13. The third-order valence-electron chi connectivity index (χ3n) is 2.25. The van der Waals surface area contributed by atoms with Crippen LogP contribution in [0.3, 0.4) is 0 Å². The summed E-state index contributed by atoms with van der Waals surface area (Å²) in [4.78, 5) is 3.49. The summed E-state index contributed by atoms with van der Waals surface area (Å²) >= 11 is 9.46. The molecule has 0 aliphatic carbocycles. The fourth-order valence-corrected chi connectivity index (χ4v) is 2.10. The first kappa shape index (κ1) is 12.3. The van der Waals surface area contributed by atoms with Gasteiger partial charge in [0.15, 0.2) is 0 Å². The molecule has 0 fully saturated rings. The highest BCUT2D eigenvalue weighted by atomic mass is 79.9. The standard InChI is InChI=1S/C12H9BrClFN2/c1-7-4-9(13)11(6-10(7)14)17-8-2-3-16-12(15)5-8/h2-6H,1H3,(H,16,17). The van der Waals surface area contributed by atoms with Gasteiger partial charge in [-0.25, -0.2) is 4.98 Å². The number of rotatable bonds is 2. The maximum Gasteiger partial charge on any atom is 0.214 e. The molecule has 0 aliphatic rings. The van der Waals surface area contributed by atoms with Crippen molar-refractivity contribution in [1.29, 1.82) is 0 Å². The molecule has 0 unspecified atom stereocenters. The predicted molar refractivity (Wildman–Crippen MR) is 71.4 cm³/mol. The first-order valence-corrected chi connectivity index (χ1v) is 6.07. The van der Waals surface area contributed by atoms with Crippen molar-refractivity contribution in [3.8, 4) is 0 Å². The molecule has 1 heterocycles. The van der Waals surface area contributed by atoms with E-state index in [1.807, 2.05) is 13.0 Å². The van der Waals surface area contributed by atoms with Crippen molar-refractivity contribution < 1.29 is 4.39 Å². The van der Waals surface area contributed by atoms with Crippen molar-refractivity contribution >= 4 is 38.9 Å². The van der Waals surface area contributed by atoms with Gasteiger partial charge in [-0.2, -0.15) is 4.39 Å². The van der Waals surface area contributed by atoms with Crippen LogP contribution in [0.15, 0.2) is 34.9 Å². The number of nitrogens with zero attached hydrogens (tertiary/aromatic N) is 1. The molecule has 1 aromatic carbocycles. The van der Waals surface area contributed by atoms with E-state index in [4.69, 9.17) is 11.6 Å². The summed E-state index contributed by atoms with van der Waals surface area (Å²) < 4.78 is 13.8. The molecule has 2 rings (SSSR count). The molecule has 1 aromatic heterocycles. The number of halogens is 3. The monoisotopic (exact) mass is 314 g/mol. The number of pyridine rings is 1. The molecule has 2 nitrogen and oxygen atoms in total. The van der Waals surface area contributed by atoms with Gasteiger partial charge in [-0.3, -0.25) is 0 Å². The Morgan fingerprint density at radius 1 is 1.35 bits per heavy atom. The van der Waals surface area contributed by atoms with E-state index in [9.17, 15) is 4.39 Å². The van der Waals surface area contributed by atoms with E-state index in [2.05, 4.69) is 26.2 Å². The van der Waals surface area contributed by atoms with Crippen molar-refractivity contribution in [2.45, 2.75) is 6.92 Å². The molecular formula is C12H9BrClFN2. The second-order valence-electron chi connectivity index (χ2n) is 3.57. The maximum atomic E-state index is 12.9. The molecule has 2 aromatic rings. The minimum Gasteiger partial charge on any atom is -0.354 e. The van der Waals surface area contributed by atoms with Crippen LogP contribution in [0.25, 0.3) is 0 Å². The molecule has 5 heteroatoms.